The van der Waals surface area contributed by atoms with Crippen molar-refractivity contribution in [2.75, 3.05) is 25.1 Å². The number of benzene rings is 2. The highest BCUT2D eigenvalue weighted by molar-refractivity contribution is 9.10. The second kappa shape index (κ2) is 8.45. The van der Waals surface area contributed by atoms with Crippen LogP contribution in [0.5, 0.6) is 17.2 Å². The zero-order valence-electron chi connectivity index (χ0n) is 14.9. The summed E-state index contributed by atoms with van der Waals surface area (Å²) in [6.45, 7) is 5.24. The van der Waals surface area contributed by atoms with Gasteiger partial charge in [-0.05, 0) is 39.9 Å². The van der Waals surface area contributed by atoms with Crippen LogP contribution in [0.3, 0.4) is 0 Å². The highest BCUT2D eigenvalue weighted by Crippen LogP contribution is 2.38. The summed E-state index contributed by atoms with van der Waals surface area (Å²) in [5.41, 5.74) is 1.74. The molecular formula is C20H22BrNO4. The average molecular weight is 420 g/mol. The molecular weight excluding hydrogens is 398 g/mol. The van der Waals surface area contributed by atoms with E-state index in [2.05, 4.69) is 35.1 Å². The first-order chi connectivity index (χ1) is 12.6. The first-order valence-electron chi connectivity index (χ1n) is 8.69. The molecule has 0 saturated carbocycles. The standard InChI is InChI=1S/C20H22BrNO4/c1-3-13(2)14-6-4-5-7-17(14)26-12-20(23)22-16-11-19-18(10-15(16)21)24-8-9-25-19/h4-7,10-11,13H,3,8-9,12H2,1-2H3,(H,22,23). The highest BCUT2D eigenvalue weighted by atomic mass is 79.9. The lowest BCUT2D eigenvalue weighted by Crippen LogP contribution is -2.21. The SMILES string of the molecule is CCC(C)c1ccccc1OCC(=O)Nc1cc2c(cc1Br)OCCO2. The maximum atomic E-state index is 12.3. The Hall–Kier alpha value is -2.21. The van der Waals surface area contributed by atoms with Crippen LogP contribution in [0.1, 0.15) is 31.7 Å². The summed E-state index contributed by atoms with van der Waals surface area (Å²) in [4.78, 5) is 12.3. The Kier molecular flexibility index (Phi) is 6.04. The Labute approximate surface area is 161 Å². The van der Waals surface area contributed by atoms with Gasteiger partial charge in [0, 0.05) is 16.6 Å². The summed E-state index contributed by atoms with van der Waals surface area (Å²) in [5.74, 6) is 2.18. The molecule has 26 heavy (non-hydrogen) atoms. The maximum Gasteiger partial charge on any atom is 0.262 e. The minimum Gasteiger partial charge on any atom is -0.486 e. The van der Waals surface area contributed by atoms with E-state index in [1.165, 1.54) is 0 Å². The van der Waals surface area contributed by atoms with Gasteiger partial charge in [-0.3, -0.25) is 4.79 Å². The quantitative estimate of drug-likeness (QED) is 0.733. The monoisotopic (exact) mass is 419 g/mol. The molecule has 2 aromatic carbocycles. The number of nitrogens with one attached hydrogen (secondary N) is 1. The van der Waals surface area contributed by atoms with Crippen molar-refractivity contribution in [1.29, 1.82) is 0 Å². The lowest BCUT2D eigenvalue weighted by molar-refractivity contribution is -0.118. The van der Waals surface area contributed by atoms with Crippen molar-refractivity contribution in [2.24, 2.45) is 0 Å². The Morgan fingerprint density at radius 3 is 2.65 bits per heavy atom. The van der Waals surface area contributed by atoms with Crippen LogP contribution < -0.4 is 19.5 Å². The van der Waals surface area contributed by atoms with Crippen LogP contribution in [0.25, 0.3) is 0 Å². The fourth-order valence-corrected chi connectivity index (χ4v) is 3.15. The molecule has 0 fully saturated rings. The molecule has 1 aliphatic heterocycles. The third kappa shape index (κ3) is 4.30. The van der Waals surface area contributed by atoms with E-state index in [-0.39, 0.29) is 12.5 Å². The van der Waals surface area contributed by atoms with Crippen LogP contribution >= 0.6 is 15.9 Å². The second-order valence-corrected chi connectivity index (χ2v) is 7.01. The summed E-state index contributed by atoms with van der Waals surface area (Å²) in [7, 11) is 0. The Morgan fingerprint density at radius 1 is 1.23 bits per heavy atom. The number of ether oxygens (including phenoxy) is 3. The van der Waals surface area contributed by atoms with Crippen molar-refractivity contribution < 1.29 is 19.0 Å². The summed E-state index contributed by atoms with van der Waals surface area (Å²) >= 11 is 3.45. The molecule has 1 atom stereocenters. The third-order valence-electron chi connectivity index (χ3n) is 4.33. The van der Waals surface area contributed by atoms with Gasteiger partial charge in [0.05, 0.1) is 5.69 Å². The van der Waals surface area contributed by atoms with Gasteiger partial charge in [-0.15, -0.1) is 0 Å². The number of para-hydroxylation sites is 1. The molecule has 3 rings (SSSR count). The molecule has 1 aliphatic rings. The van der Waals surface area contributed by atoms with Crippen LogP contribution in [-0.4, -0.2) is 25.7 Å². The lowest BCUT2D eigenvalue weighted by atomic mass is 9.98. The zero-order chi connectivity index (χ0) is 18.5. The van der Waals surface area contributed by atoms with Gasteiger partial charge >= 0.3 is 0 Å². The molecule has 0 aliphatic carbocycles. The van der Waals surface area contributed by atoms with Gasteiger partial charge in [0.15, 0.2) is 18.1 Å². The molecule has 0 spiro atoms. The second-order valence-electron chi connectivity index (χ2n) is 6.16. The van der Waals surface area contributed by atoms with Gasteiger partial charge in [0.2, 0.25) is 0 Å². The molecule has 0 saturated heterocycles. The van der Waals surface area contributed by atoms with Crippen molar-refractivity contribution in [3.05, 3.63) is 46.4 Å². The Bertz CT molecular complexity index is 793. The normalized spacial score (nSPS) is 13.8. The van der Waals surface area contributed by atoms with Gasteiger partial charge < -0.3 is 19.5 Å². The highest BCUT2D eigenvalue weighted by Gasteiger charge is 2.17. The van der Waals surface area contributed by atoms with E-state index in [1.807, 2.05) is 24.3 Å². The number of carbonyl (C=O) groups is 1. The minimum absolute atomic E-state index is 0.0612. The van der Waals surface area contributed by atoms with E-state index in [0.717, 1.165) is 22.2 Å². The van der Waals surface area contributed by atoms with E-state index in [9.17, 15) is 4.79 Å². The predicted molar refractivity (Wildman–Crippen MR) is 104 cm³/mol. The average Bonchev–Trinajstić information content (AvgIpc) is 2.66. The zero-order valence-corrected chi connectivity index (χ0v) is 16.5. The number of fused-ring (bicyclic) bond motifs is 1. The molecule has 138 valence electrons. The molecule has 6 heteroatoms. The number of amides is 1. The van der Waals surface area contributed by atoms with Crippen LogP contribution in [0.4, 0.5) is 5.69 Å². The summed E-state index contributed by atoms with van der Waals surface area (Å²) in [6.07, 6.45) is 1.01. The third-order valence-corrected chi connectivity index (χ3v) is 4.98. The minimum atomic E-state index is -0.235. The molecule has 5 nitrogen and oxygen atoms in total. The summed E-state index contributed by atoms with van der Waals surface area (Å²) in [6, 6.07) is 11.4. The molecule has 1 amide bonds. The first-order valence-corrected chi connectivity index (χ1v) is 9.48. The van der Waals surface area contributed by atoms with E-state index in [0.29, 0.717) is 36.3 Å². The summed E-state index contributed by atoms with van der Waals surface area (Å²) < 4.78 is 17.6. The van der Waals surface area contributed by atoms with Crippen molar-refractivity contribution in [3.63, 3.8) is 0 Å². The van der Waals surface area contributed by atoms with E-state index >= 15 is 0 Å². The molecule has 2 aromatic rings. The molecule has 0 bridgehead atoms. The van der Waals surface area contributed by atoms with Gasteiger partial charge in [-0.25, -0.2) is 0 Å². The molecule has 1 unspecified atom stereocenters. The Morgan fingerprint density at radius 2 is 1.92 bits per heavy atom. The molecule has 1 N–H and O–H groups in total. The Balaban J connectivity index is 1.65. The number of halogens is 1. The molecule has 0 aromatic heterocycles. The number of carbonyl (C=O) groups excluding carboxylic acids is 1. The van der Waals surface area contributed by atoms with Crippen LogP contribution in [-0.2, 0) is 4.79 Å². The van der Waals surface area contributed by atoms with Crippen LogP contribution in [0.2, 0.25) is 0 Å². The van der Waals surface area contributed by atoms with Gasteiger partial charge in [0.1, 0.15) is 19.0 Å². The fourth-order valence-electron chi connectivity index (χ4n) is 2.73. The van der Waals surface area contributed by atoms with Crippen molar-refractivity contribution in [3.8, 4) is 17.2 Å². The number of anilines is 1. The lowest BCUT2D eigenvalue weighted by Gasteiger charge is -2.20. The van der Waals surface area contributed by atoms with E-state index in [1.54, 1.807) is 12.1 Å². The first kappa shape index (κ1) is 18.6. The van der Waals surface area contributed by atoms with E-state index in [4.69, 9.17) is 14.2 Å². The predicted octanol–water partition coefficient (Wildman–Crippen LogP) is 4.75. The van der Waals surface area contributed by atoms with Gasteiger partial charge in [-0.1, -0.05) is 32.0 Å². The van der Waals surface area contributed by atoms with Crippen LogP contribution in [0.15, 0.2) is 40.9 Å². The number of hydrogen-bond acceptors (Lipinski definition) is 4. The summed E-state index contributed by atoms with van der Waals surface area (Å²) in [5, 5.41) is 2.85. The number of rotatable bonds is 6. The maximum absolute atomic E-state index is 12.3. The topological polar surface area (TPSA) is 56.8 Å². The van der Waals surface area contributed by atoms with E-state index < -0.39 is 0 Å². The van der Waals surface area contributed by atoms with Crippen molar-refractivity contribution in [2.45, 2.75) is 26.2 Å². The fraction of sp³-hybridized carbons (Fsp3) is 0.350. The number of hydrogen-bond donors (Lipinski definition) is 1. The van der Waals surface area contributed by atoms with Gasteiger partial charge in [-0.2, -0.15) is 0 Å². The smallest absolute Gasteiger partial charge is 0.262 e. The van der Waals surface area contributed by atoms with Crippen LogP contribution in [0, 0.1) is 0 Å². The largest absolute Gasteiger partial charge is 0.486 e. The van der Waals surface area contributed by atoms with Crippen molar-refractivity contribution >= 4 is 27.5 Å². The molecule has 0 radical (unpaired) electrons. The molecule has 1 heterocycles. The van der Waals surface area contributed by atoms with Crippen molar-refractivity contribution in [1.82, 2.24) is 0 Å². The van der Waals surface area contributed by atoms with Gasteiger partial charge in [0.25, 0.3) is 5.91 Å².